The molecule has 6 rings (SSSR count). The maximum absolute atomic E-state index is 13.7. The highest BCUT2D eigenvalue weighted by molar-refractivity contribution is 8.06. The number of ether oxygens (including phenoxy) is 4. The highest BCUT2D eigenvalue weighted by atomic mass is 35.5. The van der Waals surface area contributed by atoms with E-state index in [0.29, 0.717) is 17.1 Å². The van der Waals surface area contributed by atoms with Gasteiger partial charge in [0.25, 0.3) is 5.56 Å². The molecule has 316 valence electrons. The fourth-order valence-electron chi connectivity index (χ4n) is 6.81. The summed E-state index contributed by atoms with van der Waals surface area (Å²) in [5.41, 5.74) is 0.169. The lowest BCUT2D eigenvalue weighted by Gasteiger charge is -2.38. The van der Waals surface area contributed by atoms with Crippen LogP contribution in [-0.2, 0) is 31.4 Å². The Bertz CT molecular complexity index is 2240. The Kier molecular flexibility index (Phi) is 16.4. The maximum Gasteiger partial charge on any atom is 0.330 e. The number of nitrogens with zero attached hydrogens (tertiary/aromatic N) is 1. The van der Waals surface area contributed by atoms with Crippen LogP contribution in [0.1, 0.15) is 55.7 Å². The number of aryl methyl sites for hydroxylation is 1. The molecule has 1 aliphatic heterocycles. The molecule has 0 spiro atoms. The monoisotopic (exact) mass is 885 g/mol. The molecule has 4 aromatic carbocycles. The molecule has 1 aromatic heterocycles. The highest BCUT2D eigenvalue weighted by Gasteiger charge is 2.44. The van der Waals surface area contributed by atoms with Crippen LogP contribution in [0.4, 0.5) is 0 Å². The summed E-state index contributed by atoms with van der Waals surface area (Å²) in [6, 6.07) is 28.9. The van der Waals surface area contributed by atoms with Crippen LogP contribution >= 0.6 is 29.9 Å². The third kappa shape index (κ3) is 11.4. The van der Waals surface area contributed by atoms with E-state index in [0.717, 1.165) is 16.7 Å². The molecule has 0 aliphatic carbocycles. The molecule has 1 aliphatic rings. The van der Waals surface area contributed by atoms with Crippen LogP contribution in [-0.4, -0.2) is 62.2 Å². The molecule has 5 aromatic rings. The number of hydrogen-bond acceptors (Lipinski definition) is 10. The van der Waals surface area contributed by atoms with Crippen molar-refractivity contribution in [1.29, 1.82) is 0 Å². The largest absolute Gasteiger partial charge is 0.770 e. The second-order valence-corrected chi connectivity index (χ2v) is 17.2. The molecule has 12 nitrogen and oxygen atoms in total. The molecule has 1 saturated heterocycles. The number of aromatic nitrogens is 2. The van der Waals surface area contributed by atoms with Gasteiger partial charge in [-0.25, -0.2) is 4.79 Å². The smallest absolute Gasteiger partial charge is 0.330 e. The topological polar surface area (TPSA) is 138 Å². The molecule has 0 radical (unpaired) electrons. The Hall–Kier alpha value is -4.01. The zero-order chi connectivity index (χ0) is 42.7. The lowest BCUT2D eigenvalue weighted by molar-refractivity contribution is -0.894. The Morgan fingerprint density at radius 2 is 1.39 bits per heavy atom. The first-order valence-electron chi connectivity index (χ1n) is 19.2. The molecule has 0 amide bonds. The van der Waals surface area contributed by atoms with Gasteiger partial charge in [0.05, 0.1) is 56.6 Å². The third-order valence-corrected chi connectivity index (χ3v) is 12.3. The van der Waals surface area contributed by atoms with E-state index in [1.165, 1.54) is 48.6 Å². The van der Waals surface area contributed by atoms with Gasteiger partial charge in [-0.2, -0.15) is 0 Å². The molecule has 2 heterocycles. The van der Waals surface area contributed by atoms with Crippen LogP contribution in [0.3, 0.4) is 0 Å². The Morgan fingerprint density at radius 3 is 1.90 bits per heavy atom. The van der Waals surface area contributed by atoms with Crippen molar-refractivity contribution in [3.8, 4) is 17.2 Å². The molecule has 1 fully saturated rings. The van der Waals surface area contributed by atoms with Gasteiger partial charge in [0.15, 0.2) is 6.72 Å². The highest BCUT2D eigenvalue weighted by Crippen LogP contribution is 2.48. The molecular weight excluding hydrogens is 836 g/mol. The average Bonchev–Trinajstić information content (AvgIpc) is 3.63. The van der Waals surface area contributed by atoms with Crippen molar-refractivity contribution in [1.82, 2.24) is 9.55 Å². The van der Waals surface area contributed by atoms with Crippen molar-refractivity contribution in [3.05, 3.63) is 156 Å². The normalized spacial score (nSPS) is 17.5. The number of halogens is 2. The molecular formula is C43H50Cl2N3O9PS. The minimum absolute atomic E-state index is 0.00812. The van der Waals surface area contributed by atoms with Gasteiger partial charge in [-0.3, -0.25) is 14.3 Å². The molecule has 0 bridgehead atoms. The van der Waals surface area contributed by atoms with Crippen LogP contribution in [0.15, 0.2) is 113 Å². The number of rotatable bonds is 16. The van der Waals surface area contributed by atoms with Crippen LogP contribution in [0, 0.1) is 6.92 Å². The maximum atomic E-state index is 13.7. The van der Waals surface area contributed by atoms with E-state index in [1.807, 2.05) is 78.9 Å². The van der Waals surface area contributed by atoms with Crippen molar-refractivity contribution in [2.45, 2.75) is 58.2 Å². The van der Waals surface area contributed by atoms with Crippen molar-refractivity contribution >= 4 is 41.7 Å². The number of hydrogen-bond donors (Lipinski definition) is 2. The van der Waals surface area contributed by atoms with Gasteiger partial charge in [0.2, 0.25) is 0 Å². The molecule has 16 heteroatoms. The lowest BCUT2D eigenvalue weighted by Crippen LogP contribution is -3.11. The first-order valence-corrected chi connectivity index (χ1v) is 22.5. The fraction of sp³-hybridized carbons (Fsp3) is 0.349. The molecule has 59 heavy (non-hydrogen) atoms. The minimum atomic E-state index is -4.27. The number of benzene rings is 4. The summed E-state index contributed by atoms with van der Waals surface area (Å²) in [4.78, 5) is 42.9. The lowest BCUT2D eigenvalue weighted by atomic mass is 9.80. The summed E-state index contributed by atoms with van der Waals surface area (Å²) in [6.07, 6.45) is -1.49. The number of methoxy groups -OCH3 is 2. The molecule has 0 saturated carbocycles. The van der Waals surface area contributed by atoms with Gasteiger partial charge in [-0.1, -0.05) is 77.8 Å². The van der Waals surface area contributed by atoms with E-state index in [-0.39, 0.29) is 28.8 Å². The van der Waals surface area contributed by atoms with Gasteiger partial charge >= 0.3 is 5.69 Å². The molecule has 1 unspecified atom stereocenters. The Morgan fingerprint density at radius 1 is 0.847 bits per heavy atom. The van der Waals surface area contributed by atoms with Crippen LogP contribution in [0.2, 0.25) is 10.0 Å². The van der Waals surface area contributed by atoms with E-state index >= 15 is 0 Å². The quantitative estimate of drug-likeness (QED) is 0.0841. The first kappa shape index (κ1) is 46.1. The van der Waals surface area contributed by atoms with E-state index in [2.05, 4.69) is 25.8 Å². The van der Waals surface area contributed by atoms with E-state index < -0.39 is 42.0 Å². The van der Waals surface area contributed by atoms with Crippen LogP contribution in [0.25, 0.3) is 0 Å². The van der Waals surface area contributed by atoms with Crippen molar-refractivity contribution in [3.63, 3.8) is 0 Å². The third-order valence-electron chi connectivity index (χ3n) is 10.1. The Balaban J connectivity index is 0.000000867. The summed E-state index contributed by atoms with van der Waals surface area (Å²) in [7, 11) is 3.18. The standard InChI is InChI=1S/C37H35Cl2N2O9PS.C6H15N/c1-23-21-41(36(43)40-35(23)42)34-20-32(50-51(44,52)49-29-17-18-30(38)31(39)19-29)33(48-34)22-47-37(24-7-5-4-6-8-24,25-9-13-27(45-2)14-10-25)26-11-15-28(46-3)16-12-26;1-4-7(5-2)6-3/h4-19,21,32-34H,20,22H2,1-3H3,(H,44,52)(H,40,42,43);4-6H2,1-3H3/t32-,33+,34+,51?;/m0./s1. The summed E-state index contributed by atoms with van der Waals surface area (Å²) in [6.45, 7) is 7.64. The first-order chi connectivity index (χ1) is 28.3. The van der Waals surface area contributed by atoms with Gasteiger partial charge in [-0.15, -0.1) is 0 Å². The van der Waals surface area contributed by atoms with E-state index in [4.69, 9.17) is 63.0 Å². The Labute approximate surface area is 359 Å². The second-order valence-electron chi connectivity index (χ2n) is 13.7. The van der Waals surface area contributed by atoms with Crippen LogP contribution in [0.5, 0.6) is 17.2 Å². The number of quaternary nitrogens is 1. The number of aromatic amines is 1. The van der Waals surface area contributed by atoms with Gasteiger partial charge in [-0.05, 0) is 92.6 Å². The second kappa shape index (κ2) is 21.0. The fourth-order valence-corrected chi connectivity index (χ4v) is 8.66. The summed E-state index contributed by atoms with van der Waals surface area (Å²) in [5, 5.41) is 0.447. The predicted molar refractivity (Wildman–Crippen MR) is 232 cm³/mol. The number of H-pyrrole nitrogens is 1. The van der Waals surface area contributed by atoms with Crippen molar-refractivity contribution in [2.75, 3.05) is 40.5 Å². The summed E-state index contributed by atoms with van der Waals surface area (Å²) < 4.78 is 37.3. The molecule has 2 N–H and O–H groups in total. The minimum Gasteiger partial charge on any atom is -0.770 e. The van der Waals surface area contributed by atoms with Crippen LogP contribution < -0.4 is 35.0 Å². The predicted octanol–water partition coefficient (Wildman–Crippen LogP) is 6.45. The zero-order valence-corrected chi connectivity index (χ0v) is 37.0. The van der Waals surface area contributed by atoms with Crippen molar-refractivity contribution in [2.24, 2.45) is 0 Å². The molecule has 4 atom stereocenters. The number of nitrogens with one attached hydrogen (secondary N) is 2. The summed E-state index contributed by atoms with van der Waals surface area (Å²) in [5.74, 6) is 1.40. The van der Waals surface area contributed by atoms with Crippen molar-refractivity contribution < 1.29 is 37.8 Å². The SMILES string of the molecule is CC[NH+](CC)CC.COc1ccc(C(OC[C@H]2O[C@@H](n3cc(C)c(=O)[nH]c3=O)C[C@@H]2OP([O-])(=S)Oc2ccc(Cl)c(Cl)c2)(c2ccccc2)c2ccc(OC)cc2)cc1. The van der Waals surface area contributed by atoms with Gasteiger partial charge in [0.1, 0.15) is 35.2 Å². The zero-order valence-electron chi connectivity index (χ0n) is 33.8. The van der Waals surface area contributed by atoms with Gasteiger partial charge < -0.3 is 37.8 Å². The van der Waals surface area contributed by atoms with Gasteiger partial charge in [0, 0.05) is 24.2 Å². The average molecular weight is 887 g/mol. The van der Waals surface area contributed by atoms with E-state index in [1.54, 1.807) is 26.0 Å². The van der Waals surface area contributed by atoms with E-state index in [9.17, 15) is 14.5 Å². The summed E-state index contributed by atoms with van der Waals surface area (Å²) >= 11 is 17.5.